The smallest absolute Gasteiger partial charge is 0.160 e. The van der Waals surface area contributed by atoms with E-state index in [1.807, 2.05) is 12.3 Å². The maximum Gasteiger partial charge on any atom is 0.160 e. The summed E-state index contributed by atoms with van der Waals surface area (Å²) in [6, 6.07) is 2.02. The van der Waals surface area contributed by atoms with Gasteiger partial charge in [-0.3, -0.25) is 0 Å². The Morgan fingerprint density at radius 2 is 2.21 bits per heavy atom. The second kappa shape index (κ2) is 3.95. The van der Waals surface area contributed by atoms with Crippen molar-refractivity contribution in [3.8, 4) is 0 Å². The summed E-state index contributed by atoms with van der Waals surface area (Å²) in [7, 11) is 0. The van der Waals surface area contributed by atoms with Crippen molar-refractivity contribution in [3.05, 3.63) is 23.7 Å². The second-order valence-electron chi connectivity index (χ2n) is 6.18. The van der Waals surface area contributed by atoms with Gasteiger partial charge >= 0.3 is 0 Å². The van der Waals surface area contributed by atoms with Gasteiger partial charge in [0.1, 0.15) is 11.3 Å². The molecule has 0 N–H and O–H groups in total. The van der Waals surface area contributed by atoms with Gasteiger partial charge in [0.25, 0.3) is 0 Å². The molecular formula is C15H18ClN3. The number of imidazole rings is 1. The Kier molecular flexibility index (Phi) is 2.44. The van der Waals surface area contributed by atoms with E-state index in [0.717, 1.165) is 29.5 Å². The highest BCUT2D eigenvalue weighted by atomic mass is 35.5. The molecule has 0 aromatic carbocycles. The van der Waals surface area contributed by atoms with Gasteiger partial charge in [0.05, 0.1) is 5.88 Å². The van der Waals surface area contributed by atoms with Gasteiger partial charge in [0, 0.05) is 12.7 Å². The summed E-state index contributed by atoms with van der Waals surface area (Å²) >= 11 is 6.09. The lowest BCUT2D eigenvalue weighted by Crippen LogP contribution is -2.16. The Morgan fingerprint density at radius 1 is 1.42 bits per heavy atom. The molecule has 4 rings (SSSR count). The lowest BCUT2D eigenvalue weighted by molar-refractivity contribution is 0.370. The number of hydrogen-bond acceptors (Lipinski definition) is 2. The first-order chi connectivity index (χ1) is 9.23. The van der Waals surface area contributed by atoms with Crippen LogP contribution in [0.5, 0.6) is 0 Å². The standard InChI is InChI=1S/C15H18ClN3/c1-10-4-7-17-14-13(10)18-12(8-16)19(14)9-15(5-6-15)11-2-3-11/h4,7,11H,2-3,5-6,8-9H2,1H3. The van der Waals surface area contributed by atoms with Crippen LogP contribution in [0.25, 0.3) is 11.2 Å². The highest BCUT2D eigenvalue weighted by Crippen LogP contribution is 2.62. The molecular weight excluding hydrogens is 258 g/mol. The number of pyridine rings is 1. The van der Waals surface area contributed by atoms with E-state index in [0.29, 0.717) is 11.3 Å². The molecule has 0 aliphatic heterocycles. The Bertz CT molecular complexity index is 638. The summed E-state index contributed by atoms with van der Waals surface area (Å²) in [5.74, 6) is 2.39. The molecule has 0 radical (unpaired) electrons. The van der Waals surface area contributed by atoms with Crippen molar-refractivity contribution in [1.29, 1.82) is 0 Å². The molecule has 2 fully saturated rings. The van der Waals surface area contributed by atoms with Crippen LogP contribution in [0.1, 0.15) is 37.1 Å². The fraction of sp³-hybridized carbons (Fsp3) is 0.600. The third kappa shape index (κ3) is 1.78. The Morgan fingerprint density at radius 3 is 2.84 bits per heavy atom. The minimum Gasteiger partial charge on any atom is -0.311 e. The van der Waals surface area contributed by atoms with Crippen LogP contribution in [-0.4, -0.2) is 14.5 Å². The van der Waals surface area contributed by atoms with Crippen LogP contribution < -0.4 is 0 Å². The summed E-state index contributed by atoms with van der Waals surface area (Å²) in [6.45, 7) is 3.15. The summed E-state index contributed by atoms with van der Waals surface area (Å²) in [5, 5.41) is 0. The van der Waals surface area contributed by atoms with Crippen molar-refractivity contribution < 1.29 is 0 Å². The molecule has 2 heterocycles. The van der Waals surface area contributed by atoms with E-state index in [-0.39, 0.29) is 0 Å². The molecule has 0 bridgehead atoms. The maximum absolute atomic E-state index is 6.09. The van der Waals surface area contributed by atoms with Crippen LogP contribution in [0.15, 0.2) is 12.3 Å². The van der Waals surface area contributed by atoms with Crippen molar-refractivity contribution in [2.24, 2.45) is 11.3 Å². The van der Waals surface area contributed by atoms with E-state index in [2.05, 4.69) is 16.5 Å². The zero-order valence-corrected chi connectivity index (χ0v) is 12.0. The summed E-state index contributed by atoms with van der Waals surface area (Å²) in [5.41, 5.74) is 3.76. The van der Waals surface area contributed by atoms with E-state index in [1.54, 1.807) is 0 Å². The largest absolute Gasteiger partial charge is 0.311 e. The van der Waals surface area contributed by atoms with Gasteiger partial charge in [-0.1, -0.05) is 0 Å². The Balaban J connectivity index is 1.81. The van der Waals surface area contributed by atoms with Crippen LogP contribution in [0, 0.1) is 18.3 Å². The molecule has 0 unspecified atom stereocenters. The molecule has 2 aromatic rings. The predicted molar refractivity (Wildman–Crippen MR) is 76.2 cm³/mol. The fourth-order valence-electron chi connectivity index (χ4n) is 3.32. The minimum atomic E-state index is 0.469. The van der Waals surface area contributed by atoms with Crippen molar-refractivity contribution >= 4 is 22.8 Å². The lowest BCUT2D eigenvalue weighted by Gasteiger charge is -2.16. The monoisotopic (exact) mass is 275 g/mol. The number of halogens is 1. The molecule has 0 atom stereocenters. The number of rotatable bonds is 4. The molecule has 3 nitrogen and oxygen atoms in total. The van der Waals surface area contributed by atoms with Gasteiger partial charge < -0.3 is 4.57 Å². The minimum absolute atomic E-state index is 0.469. The van der Waals surface area contributed by atoms with Crippen molar-refractivity contribution in [2.45, 2.75) is 45.0 Å². The van der Waals surface area contributed by atoms with Crippen molar-refractivity contribution in [3.63, 3.8) is 0 Å². The first kappa shape index (κ1) is 11.7. The summed E-state index contributed by atoms with van der Waals surface area (Å²) < 4.78 is 2.28. The van der Waals surface area contributed by atoms with Gasteiger partial charge in [-0.25, -0.2) is 9.97 Å². The average Bonchev–Trinajstić information content (AvgIpc) is 3.28. The zero-order valence-electron chi connectivity index (χ0n) is 11.2. The molecule has 2 aliphatic carbocycles. The third-order valence-electron chi connectivity index (χ3n) is 4.84. The Hall–Kier alpha value is -1.09. The molecule has 2 aliphatic rings. The van der Waals surface area contributed by atoms with Gasteiger partial charge in [-0.05, 0) is 55.6 Å². The average molecular weight is 276 g/mol. The van der Waals surface area contributed by atoms with Crippen LogP contribution in [-0.2, 0) is 12.4 Å². The maximum atomic E-state index is 6.09. The fourth-order valence-corrected chi connectivity index (χ4v) is 3.52. The van der Waals surface area contributed by atoms with Gasteiger partial charge in [0.2, 0.25) is 0 Å². The predicted octanol–water partition coefficient (Wildman–Crippen LogP) is 3.67. The normalized spacial score (nSPS) is 20.9. The molecule has 2 saturated carbocycles. The topological polar surface area (TPSA) is 30.7 Å². The second-order valence-corrected chi connectivity index (χ2v) is 6.45. The van der Waals surface area contributed by atoms with Gasteiger partial charge in [-0.15, -0.1) is 11.6 Å². The van der Waals surface area contributed by atoms with Crippen LogP contribution in [0.2, 0.25) is 0 Å². The highest BCUT2D eigenvalue weighted by Gasteiger charge is 2.54. The zero-order chi connectivity index (χ0) is 13.0. The van der Waals surface area contributed by atoms with Crippen molar-refractivity contribution in [1.82, 2.24) is 14.5 Å². The lowest BCUT2D eigenvalue weighted by atomic mass is 10.0. The van der Waals surface area contributed by atoms with Gasteiger partial charge in [-0.2, -0.15) is 0 Å². The number of nitrogens with zero attached hydrogens (tertiary/aromatic N) is 3. The van der Waals surface area contributed by atoms with E-state index >= 15 is 0 Å². The molecule has 0 spiro atoms. The van der Waals surface area contributed by atoms with E-state index in [4.69, 9.17) is 16.6 Å². The van der Waals surface area contributed by atoms with Crippen LogP contribution >= 0.6 is 11.6 Å². The van der Waals surface area contributed by atoms with E-state index in [1.165, 1.54) is 31.2 Å². The molecule has 0 saturated heterocycles. The molecule has 2 aromatic heterocycles. The Labute approximate surface area is 118 Å². The van der Waals surface area contributed by atoms with Crippen molar-refractivity contribution in [2.75, 3.05) is 0 Å². The van der Waals surface area contributed by atoms with Crippen LogP contribution in [0.4, 0.5) is 0 Å². The quantitative estimate of drug-likeness (QED) is 0.797. The van der Waals surface area contributed by atoms with E-state index < -0.39 is 0 Å². The summed E-state index contributed by atoms with van der Waals surface area (Å²) in [4.78, 5) is 9.24. The number of aromatic nitrogens is 3. The van der Waals surface area contributed by atoms with Crippen LogP contribution in [0.3, 0.4) is 0 Å². The number of fused-ring (bicyclic) bond motifs is 1. The molecule has 0 amide bonds. The summed E-state index contributed by atoms with van der Waals surface area (Å²) in [6.07, 6.45) is 7.44. The molecule has 19 heavy (non-hydrogen) atoms. The van der Waals surface area contributed by atoms with E-state index in [9.17, 15) is 0 Å². The molecule has 4 heteroatoms. The molecule has 100 valence electrons. The first-order valence-corrected chi connectivity index (χ1v) is 7.64. The number of hydrogen-bond donors (Lipinski definition) is 0. The third-order valence-corrected chi connectivity index (χ3v) is 5.08. The number of alkyl halides is 1. The highest BCUT2D eigenvalue weighted by molar-refractivity contribution is 6.16. The SMILES string of the molecule is Cc1ccnc2c1nc(CCl)n2CC1(C2CC2)CC1. The van der Waals surface area contributed by atoms with Gasteiger partial charge in [0.15, 0.2) is 5.65 Å². The first-order valence-electron chi connectivity index (χ1n) is 7.10. The number of aryl methyl sites for hydroxylation is 1.